The third-order valence-electron chi connectivity index (χ3n) is 2.58. The molecule has 8 nitrogen and oxygen atoms in total. The number of nitrogens with one attached hydrogen (secondary N) is 1. The Labute approximate surface area is 123 Å². The standard InChI is InChI=1S/C12H9ClN4O4/c13-11-5-10(17(20)21)6-12(15-11)14-7-8-2-1-3-9(4-8)16(18)19/h1-6H,7H2,(H,14,15). The molecule has 0 spiro atoms. The van der Waals surface area contributed by atoms with Crippen molar-refractivity contribution in [1.29, 1.82) is 0 Å². The van der Waals surface area contributed by atoms with E-state index in [1.54, 1.807) is 12.1 Å². The van der Waals surface area contributed by atoms with Crippen LogP contribution in [-0.4, -0.2) is 14.8 Å². The number of benzene rings is 1. The number of nitrogens with zero attached hydrogens (tertiary/aromatic N) is 3. The molecule has 9 heteroatoms. The van der Waals surface area contributed by atoms with Crippen LogP contribution in [0.4, 0.5) is 17.2 Å². The largest absolute Gasteiger partial charge is 0.366 e. The number of non-ortho nitro benzene ring substituents is 1. The van der Waals surface area contributed by atoms with Crippen molar-refractivity contribution < 1.29 is 9.85 Å². The highest BCUT2D eigenvalue weighted by Gasteiger charge is 2.11. The molecule has 0 unspecified atom stereocenters. The minimum absolute atomic E-state index is 0.00857. The lowest BCUT2D eigenvalue weighted by Gasteiger charge is -2.06. The minimum Gasteiger partial charge on any atom is -0.366 e. The Bertz CT molecular complexity index is 707. The van der Waals surface area contributed by atoms with E-state index in [0.717, 1.165) is 6.07 Å². The number of nitro benzene ring substituents is 1. The van der Waals surface area contributed by atoms with Gasteiger partial charge in [-0.2, -0.15) is 0 Å². The maximum absolute atomic E-state index is 10.7. The van der Waals surface area contributed by atoms with Crippen LogP contribution in [0.1, 0.15) is 5.56 Å². The van der Waals surface area contributed by atoms with Crippen molar-refractivity contribution in [2.24, 2.45) is 0 Å². The van der Waals surface area contributed by atoms with E-state index in [2.05, 4.69) is 10.3 Å². The fourth-order valence-corrected chi connectivity index (χ4v) is 1.85. The maximum atomic E-state index is 10.7. The highest BCUT2D eigenvalue weighted by Crippen LogP contribution is 2.21. The number of nitro groups is 2. The minimum atomic E-state index is -0.577. The van der Waals surface area contributed by atoms with Crippen molar-refractivity contribution in [1.82, 2.24) is 4.98 Å². The predicted molar refractivity (Wildman–Crippen MR) is 76.3 cm³/mol. The van der Waals surface area contributed by atoms with Gasteiger partial charge >= 0.3 is 0 Å². The van der Waals surface area contributed by atoms with Crippen LogP contribution in [0.25, 0.3) is 0 Å². The number of halogens is 1. The van der Waals surface area contributed by atoms with Crippen molar-refractivity contribution in [2.75, 3.05) is 5.32 Å². The molecule has 0 aliphatic carbocycles. The monoisotopic (exact) mass is 308 g/mol. The fourth-order valence-electron chi connectivity index (χ4n) is 1.65. The molecule has 0 atom stereocenters. The van der Waals surface area contributed by atoms with Gasteiger partial charge in [0.2, 0.25) is 0 Å². The summed E-state index contributed by atoms with van der Waals surface area (Å²) in [6, 6.07) is 8.42. The van der Waals surface area contributed by atoms with Crippen LogP contribution in [0.5, 0.6) is 0 Å². The maximum Gasteiger partial charge on any atom is 0.276 e. The molecule has 21 heavy (non-hydrogen) atoms. The third-order valence-corrected chi connectivity index (χ3v) is 2.78. The first-order valence-corrected chi connectivity index (χ1v) is 6.12. The van der Waals surface area contributed by atoms with E-state index in [-0.39, 0.29) is 28.9 Å². The van der Waals surface area contributed by atoms with E-state index in [1.165, 1.54) is 18.2 Å². The number of hydrogen-bond acceptors (Lipinski definition) is 6. The molecule has 2 aromatic rings. The third kappa shape index (κ3) is 3.86. The SMILES string of the molecule is O=[N+]([O-])c1cccc(CNc2cc([N+](=O)[O-])cc(Cl)n2)c1. The second-order valence-corrected chi connectivity index (χ2v) is 4.46. The molecule has 0 aliphatic heterocycles. The molecule has 0 aliphatic rings. The van der Waals surface area contributed by atoms with E-state index in [1.807, 2.05) is 0 Å². The smallest absolute Gasteiger partial charge is 0.276 e. The summed E-state index contributed by atoms with van der Waals surface area (Å²) in [5, 5.41) is 24.2. The Morgan fingerprint density at radius 1 is 1.10 bits per heavy atom. The van der Waals surface area contributed by atoms with Gasteiger partial charge < -0.3 is 5.32 Å². The van der Waals surface area contributed by atoms with E-state index >= 15 is 0 Å². The Hall–Kier alpha value is -2.74. The van der Waals surface area contributed by atoms with Crippen molar-refractivity contribution >= 4 is 28.8 Å². The average molecular weight is 309 g/mol. The number of rotatable bonds is 5. The van der Waals surface area contributed by atoms with Gasteiger partial charge in [-0.15, -0.1) is 0 Å². The zero-order chi connectivity index (χ0) is 15.4. The fraction of sp³-hybridized carbons (Fsp3) is 0.0833. The van der Waals surface area contributed by atoms with Gasteiger partial charge in [0.15, 0.2) is 0 Å². The summed E-state index contributed by atoms with van der Waals surface area (Å²) < 4.78 is 0. The molecule has 0 amide bonds. The first-order valence-electron chi connectivity index (χ1n) is 5.75. The zero-order valence-electron chi connectivity index (χ0n) is 10.5. The van der Waals surface area contributed by atoms with Crippen molar-refractivity contribution in [3.63, 3.8) is 0 Å². The van der Waals surface area contributed by atoms with Crippen LogP contribution in [0, 0.1) is 20.2 Å². The summed E-state index contributed by atoms with van der Waals surface area (Å²) in [6.07, 6.45) is 0. The van der Waals surface area contributed by atoms with E-state index in [9.17, 15) is 20.2 Å². The molecule has 0 bridgehead atoms. The van der Waals surface area contributed by atoms with E-state index in [0.29, 0.717) is 5.56 Å². The molecule has 0 fully saturated rings. The molecule has 0 radical (unpaired) electrons. The van der Waals surface area contributed by atoms with Gasteiger partial charge in [0.1, 0.15) is 11.0 Å². The lowest BCUT2D eigenvalue weighted by Crippen LogP contribution is -2.03. The Morgan fingerprint density at radius 2 is 1.81 bits per heavy atom. The lowest BCUT2D eigenvalue weighted by molar-refractivity contribution is -0.385. The van der Waals surface area contributed by atoms with Gasteiger partial charge in [-0.1, -0.05) is 23.7 Å². The van der Waals surface area contributed by atoms with Crippen LogP contribution in [0.15, 0.2) is 36.4 Å². The van der Waals surface area contributed by atoms with E-state index in [4.69, 9.17) is 11.6 Å². The van der Waals surface area contributed by atoms with Crippen molar-refractivity contribution in [2.45, 2.75) is 6.54 Å². The number of pyridine rings is 1. The highest BCUT2D eigenvalue weighted by atomic mass is 35.5. The summed E-state index contributed by atoms with van der Waals surface area (Å²) in [4.78, 5) is 24.2. The Morgan fingerprint density at radius 3 is 2.48 bits per heavy atom. The van der Waals surface area contributed by atoms with Crippen LogP contribution in [0.3, 0.4) is 0 Å². The Balaban J connectivity index is 2.14. The quantitative estimate of drug-likeness (QED) is 0.516. The van der Waals surface area contributed by atoms with Gasteiger partial charge in [-0.25, -0.2) is 4.98 Å². The molecule has 1 aromatic carbocycles. The number of hydrogen-bond donors (Lipinski definition) is 1. The average Bonchev–Trinajstić information content (AvgIpc) is 2.45. The van der Waals surface area contributed by atoms with Gasteiger partial charge in [-0.05, 0) is 5.56 Å². The van der Waals surface area contributed by atoms with Crippen LogP contribution >= 0.6 is 11.6 Å². The Kier molecular flexibility index (Phi) is 4.29. The van der Waals surface area contributed by atoms with Gasteiger partial charge in [0, 0.05) is 18.7 Å². The van der Waals surface area contributed by atoms with Crippen LogP contribution in [0.2, 0.25) is 5.15 Å². The summed E-state index contributed by atoms with van der Waals surface area (Å²) in [5.41, 5.74) is 0.435. The van der Waals surface area contributed by atoms with Crippen LogP contribution < -0.4 is 5.32 Å². The molecule has 1 N–H and O–H groups in total. The molecule has 108 valence electrons. The van der Waals surface area contributed by atoms with Gasteiger partial charge in [-0.3, -0.25) is 20.2 Å². The predicted octanol–water partition coefficient (Wildman–Crippen LogP) is 3.16. The van der Waals surface area contributed by atoms with E-state index < -0.39 is 9.85 Å². The van der Waals surface area contributed by atoms with Crippen molar-refractivity contribution in [3.05, 3.63) is 67.3 Å². The normalized spacial score (nSPS) is 10.1. The summed E-state index contributed by atoms with van der Waals surface area (Å²) in [6.45, 7) is 0.228. The molecular weight excluding hydrogens is 300 g/mol. The molecule has 2 rings (SSSR count). The molecule has 0 saturated carbocycles. The molecular formula is C12H9ClN4O4. The summed E-state index contributed by atoms with van der Waals surface area (Å²) in [5.74, 6) is 0.223. The number of anilines is 1. The van der Waals surface area contributed by atoms with Gasteiger partial charge in [0.25, 0.3) is 11.4 Å². The van der Waals surface area contributed by atoms with Gasteiger partial charge in [0.05, 0.1) is 22.0 Å². The highest BCUT2D eigenvalue weighted by molar-refractivity contribution is 6.29. The first-order chi connectivity index (χ1) is 9.95. The zero-order valence-corrected chi connectivity index (χ0v) is 11.3. The van der Waals surface area contributed by atoms with Crippen molar-refractivity contribution in [3.8, 4) is 0 Å². The summed E-state index contributed by atoms with van der Waals surface area (Å²) in [7, 11) is 0. The second kappa shape index (κ2) is 6.14. The molecule has 0 saturated heterocycles. The van der Waals surface area contributed by atoms with Crippen LogP contribution in [-0.2, 0) is 6.54 Å². The number of aromatic nitrogens is 1. The molecule has 1 heterocycles. The second-order valence-electron chi connectivity index (χ2n) is 4.07. The topological polar surface area (TPSA) is 111 Å². The summed E-state index contributed by atoms with van der Waals surface area (Å²) >= 11 is 5.70. The lowest BCUT2D eigenvalue weighted by atomic mass is 10.2. The molecule has 1 aromatic heterocycles. The first kappa shape index (κ1) is 14.7.